The average molecular weight is 320 g/mol. The standard InChI is InChI=1S/C16H14F2N2O3/c1-10-4-2-5-11(8-10)23-9-14(21)19-20-16(22)15-12(17)6-3-7-13(15)18/h2-8H,9H2,1H3,(H,19,21)(H,20,22). The number of carbonyl (C=O) groups excluding carboxylic acids is 2. The van der Waals surface area contributed by atoms with Crippen molar-refractivity contribution < 1.29 is 23.1 Å². The number of benzene rings is 2. The molecule has 2 amide bonds. The van der Waals surface area contributed by atoms with Crippen LogP contribution >= 0.6 is 0 Å². The van der Waals surface area contributed by atoms with Gasteiger partial charge in [-0.15, -0.1) is 0 Å². The number of nitrogens with one attached hydrogen (secondary N) is 2. The first kappa shape index (κ1) is 16.4. The van der Waals surface area contributed by atoms with E-state index >= 15 is 0 Å². The predicted molar refractivity (Wildman–Crippen MR) is 78.6 cm³/mol. The van der Waals surface area contributed by atoms with Gasteiger partial charge in [-0.2, -0.15) is 0 Å². The Hall–Kier alpha value is -2.96. The van der Waals surface area contributed by atoms with E-state index in [0.717, 1.165) is 23.8 Å². The summed E-state index contributed by atoms with van der Waals surface area (Å²) in [5.41, 5.74) is 4.15. The van der Waals surface area contributed by atoms with E-state index in [4.69, 9.17) is 4.74 Å². The van der Waals surface area contributed by atoms with Crippen LogP contribution in [-0.4, -0.2) is 18.4 Å². The smallest absolute Gasteiger partial charge is 0.276 e. The molecule has 7 heteroatoms. The zero-order valence-corrected chi connectivity index (χ0v) is 12.2. The van der Waals surface area contributed by atoms with Crippen LogP contribution < -0.4 is 15.6 Å². The first-order valence-electron chi connectivity index (χ1n) is 6.70. The van der Waals surface area contributed by atoms with E-state index in [1.54, 1.807) is 18.2 Å². The van der Waals surface area contributed by atoms with Crippen molar-refractivity contribution in [1.29, 1.82) is 0 Å². The van der Waals surface area contributed by atoms with Gasteiger partial charge in [-0.1, -0.05) is 18.2 Å². The molecule has 0 unspecified atom stereocenters. The van der Waals surface area contributed by atoms with Crippen molar-refractivity contribution in [3.05, 3.63) is 65.2 Å². The maximum Gasteiger partial charge on any atom is 0.276 e. The minimum atomic E-state index is -1.09. The fourth-order valence-electron chi connectivity index (χ4n) is 1.79. The maximum absolute atomic E-state index is 13.4. The molecule has 0 heterocycles. The quantitative estimate of drug-likeness (QED) is 0.848. The number of halogens is 2. The number of carbonyl (C=O) groups is 2. The summed E-state index contributed by atoms with van der Waals surface area (Å²) in [7, 11) is 0. The predicted octanol–water partition coefficient (Wildman–Crippen LogP) is 2.11. The lowest BCUT2D eigenvalue weighted by Crippen LogP contribution is -2.44. The molecule has 0 saturated carbocycles. The Balaban J connectivity index is 1.86. The third-order valence-corrected chi connectivity index (χ3v) is 2.86. The van der Waals surface area contributed by atoms with Crippen molar-refractivity contribution in [3.63, 3.8) is 0 Å². The molecule has 2 aromatic rings. The molecule has 0 radical (unpaired) electrons. The summed E-state index contributed by atoms with van der Waals surface area (Å²) in [6.07, 6.45) is 0. The summed E-state index contributed by atoms with van der Waals surface area (Å²) in [6.45, 7) is 1.51. The summed E-state index contributed by atoms with van der Waals surface area (Å²) in [5.74, 6) is -3.31. The normalized spacial score (nSPS) is 10.0. The van der Waals surface area contributed by atoms with Crippen LogP contribution in [0.3, 0.4) is 0 Å². The van der Waals surface area contributed by atoms with Crippen LogP contribution in [0.2, 0.25) is 0 Å². The van der Waals surface area contributed by atoms with Crippen molar-refractivity contribution >= 4 is 11.8 Å². The van der Waals surface area contributed by atoms with Crippen LogP contribution in [0.15, 0.2) is 42.5 Å². The molecule has 23 heavy (non-hydrogen) atoms. The second-order valence-corrected chi connectivity index (χ2v) is 4.70. The Kier molecular flexibility index (Phi) is 5.24. The molecule has 2 aromatic carbocycles. The third-order valence-electron chi connectivity index (χ3n) is 2.86. The molecule has 2 N–H and O–H groups in total. The van der Waals surface area contributed by atoms with Crippen molar-refractivity contribution in [2.24, 2.45) is 0 Å². The van der Waals surface area contributed by atoms with E-state index < -0.39 is 29.0 Å². The highest BCUT2D eigenvalue weighted by molar-refractivity contribution is 5.95. The van der Waals surface area contributed by atoms with Crippen LogP contribution in [0, 0.1) is 18.6 Å². The fraction of sp³-hybridized carbons (Fsp3) is 0.125. The molecule has 0 spiro atoms. The minimum absolute atomic E-state index is 0.358. The molecule has 0 aliphatic carbocycles. The van der Waals surface area contributed by atoms with Crippen molar-refractivity contribution in [3.8, 4) is 5.75 Å². The van der Waals surface area contributed by atoms with Gasteiger partial charge in [0, 0.05) is 0 Å². The van der Waals surface area contributed by atoms with Gasteiger partial charge >= 0.3 is 0 Å². The topological polar surface area (TPSA) is 67.4 Å². The Bertz CT molecular complexity index is 715. The second kappa shape index (κ2) is 7.35. The van der Waals surface area contributed by atoms with Gasteiger partial charge in [0.1, 0.15) is 22.9 Å². The number of hydrogen-bond donors (Lipinski definition) is 2. The summed E-state index contributed by atoms with van der Waals surface area (Å²) in [5, 5.41) is 0. The van der Waals surface area contributed by atoms with Gasteiger partial charge in [-0.25, -0.2) is 8.78 Å². The van der Waals surface area contributed by atoms with Gasteiger partial charge in [0.15, 0.2) is 6.61 Å². The lowest BCUT2D eigenvalue weighted by molar-refractivity contribution is -0.123. The van der Waals surface area contributed by atoms with E-state index in [2.05, 4.69) is 0 Å². The molecule has 0 fully saturated rings. The van der Waals surface area contributed by atoms with Crippen LogP contribution in [0.5, 0.6) is 5.75 Å². The summed E-state index contributed by atoms with van der Waals surface area (Å²) < 4.78 is 32.0. The zero-order valence-electron chi connectivity index (χ0n) is 12.2. The maximum atomic E-state index is 13.4. The minimum Gasteiger partial charge on any atom is -0.484 e. The van der Waals surface area contributed by atoms with Crippen molar-refractivity contribution in [2.75, 3.05) is 6.61 Å². The number of ether oxygens (including phenoxy) is 1. The molecular weight excluding hydrogens is 306 g/mol. The Morgan fingerprint density at radius 3 is 2.35 bits per heavy atom. The molecule has 0 aliphatic heterocycles. The molecule has 0 aliphatic rings. The van der Waals surface area contributed by atoms with Gasteiger partial charge in [-0.3, -0.25) is 20.4 Å². The van der Waals surface area contributed by atoms with E-state index in [-0.39, 0.29) is 6.61 Å². The number of hydrazine groups is 1. The summed E-state index contributed by atoms with van der Waals surface area (Å²) in [4.78, 5) is 23.2. The number of hydrogen-bond acceptors (Lipinski definition) is 3. The number of amides is 2. The fourth-order valence-corrected chi connectivity index (χ4v) is 1.79. The molecular formula is C16H14F2N2O3. The highest BCUT2D eigenvalue weighted by Gasteiger charge is 2.17. The largest absolute Gasteiger partial charge is 0.484 e. The van der Waals surface area contributed by atoms with E-state index in [1.807, 2.05) is 23.8 Å². The zero-order chi connectivity index (χ0) is 16.8. The molecule has 120 valence electrons. The third kappa shape index (κ3) is 4.50. The SMILES string of the molecule is Cc1cccc(OCC(=O)NNC(=O)c2c(F)cccc2F)c1. The molecule has 2 rings (SSSR count). The Labute approximate surface area is 131 Å². The lowest BCUT2D eigenvalue weighted by atomic mass is 10.2. The molecule has 0 atom stereocenters. The first-order chi connectivity index (χ1) is 11.0. The van der Waals surface area contributed by atoms with Gasteiger partial charge in [-0.05, 0) is 36.8 Å². The van der Waals surface area contributed by atoms with Gasteiger partial charge in [0.05, 0.1) is 0 Å². The van der Waals surface area contributed by atoms with Crippen LogP contribution in [0.4, 0.5) is 8.78 Å². The molecule has 5 nitrogen and oxygen atoms in total. The van der Waals surface area contributed by atoms with Crippen molar-refractivity contribution in [1.82, 2.24) is 10.9 Å². The van der Waals surface area contributed by atoms with Gasteiger partial charge in [0.2, 0.25) is 0 Å². The van der Waals surface area contributed by atoms with E-state index in [1.165, 1.54) is 0 Å². The highest BCUT2D eigenvalue weighted by atomic mass is 19.1. The average Bonchev–Trinajstić information content (AvgIpc) is 2.51. The Morgan fingerprint density at radius 1 is 1.04 bits per heavy atom. The van der Waals surface area contributed by atoms with E-state index in [0.29, 0.717) is 5.75 Å². The van der Waals surface area contributed by atoms with E-state index in [9.17, 15) is 18.4 Å². The first-order valence-corrected chi connectivity index (χ1v) is 6.70. The highest BCUT2D eigenvalue weighted by Crippen LogP contribution is 2.12. The molecule has 0 saturated heterocycles. The van der Waals surface area contributed by atoms with Crippen molar-refractivity contribution in [2.45, 2.75) is 6.92 Å². The van der Waals surface area contributed by atoms with Crippen LogP contribution in [-0.2, 0) is 4.79 Å². The van der Waals surface area contributed by atoms with Gasteiger partial charge in [0.25, 0.3) is 11.8 Å². The summed E-state index contributed by atoms with van der Waals surface area (Å²) in [6, 6.07) is 10.1. The lowest BCUT2D eigenvalue weighted by Gasteiger charge is -2.10. The number of aryl methyl sites for hydroxylation is 1. The monoisotopic (exact) mass is 320 g/mol. The van der Waals surface area contributed by atoms with Gasteiger partial charge < -0.3 is 4.74 Å². The molecule has 0 aromatic heterocycles. The summed E-state index contributed by atoms with van der Waals surface area (Å²) >= 11 is 0. The second-order valence-electron chi connectivity index (χ2n) is 4.70. The molecule has 0 bridgehead atoms. The van der Waals surface area contributed by atoms with Crippen LogP contribution in [0.25, 0.3) is 0 Å². The van der Waals surface area contributed by atoms with Crippen LogP contribution in [0.1, 0.15) is 15.9 Å². The number of rotatable bonds is 4. The Morgan fingerprint density at radius 2 is 1.70 bits per heavy atom.